The predicted octanol–water partition coefficient (Wildman–Crippen LogP) is 4.26. The van der Waals surface area contributed by atoms with Crippen LogP contribution in [-0.2, 0) is 0 Å². The van der Waals surface area contributed by atoms with E-state index < -0.39 is 28.8 Å². The smallest absolute Gasteiger partial charge is 0.196 e. The van der Waals surface area contributed by atoms with E-state index in [4.69, 9.17) is 0 Å². The van der Waals surface area contributed by atoms with Crippen molar-refractivity contribution in [3.8, 4) is 0 Å². The van der Waals surface area contributed by atoms with Gasteiger partial charge in [-0.15, -0.1) is 0 Å². The van der Waals surface area contributed by atoms with Crippen LogP contribution in [0.1, 0.15) is 32.6 Å². The van der Waals surface area contributed by atoms with E-state index in [1.54, 1.807) is 19.1 Å². The minimum absolute atomic E-state index is 0.290. The van der Waals surface area contributed by atoms with E-state index in [0.29, 0.717) is 17.7 Å². The second-order valence-corrected chi connectivity index (χ2v) is 4.83. The van der Waals surface area contributed by atoms with Gasteiger partial charge in [-0.3, -0.25) is 4.79 Å². The normalized spacial score (nSPS) is 10.7. The summed E-state index contributed by atoms with van der Waals surface area (Å²) in [6.07, 6.45) is 0. The summed E-state index contributed by atoms with van der Waals surface area (Å²) in [5, 5.41) is 0. The average molecular weight is 278 g/mol. The highest BCUT2D eigenvalue weighted by Crippen LogP contribution is 2.22. The third-order valence-electron chi connectivity index (χ3n) is 3.34. The maximum absolute atomic E-state index is 13.7. The first kappa shape index (κ1) is 14.3. The molecule has 0 aromatic heterocycles. The van der Waals surface area contributed by atoms with Crippen molar-refractivity contribution in [2.75, 3.05) is 0 Å². The number of hydrogen-bond acceptors (Lipinski definition) is 1. The lowest BCUT2D eigenvalue weighted by atomic mass is 9.94. The number of hydrogen-bond donors (Lipinski definition) is 0. The summed E-state index contributed by atoms with van der Waals surface area (Å²) in [5.74, 6) is -4.26. The van der Waals surface area contributed by atoms with Crippen molar-refractivity contribution in [1.82, 2.24) is 0 Å². The van der Waals surface area contributed by atoms with E-state index in [0.717, 1.165) is 11.1 Å². The molecule has 0 amide bonds. The third kappa shape index (κ3) is 2.46. The van der Waals surface area contributed by atoms with Crippen LogP contribution >= 0.6 is 0 Å². The fourth-order valence-electron chi connectivity index (χ4n) is 2.05. The Labute approximate surface area is 115 Å². The Bertz CT molecular complexity index is 646. The van der Waals surface area contributed by atoms with Gasteiger partial charge in [-0.25, -0.2) is 13.2 Å². The van der Waals surface area contributed by atoms with Crippen molar-refractivity contribution in [3.63, 3.8) is 0 Å². The molecule has 4 heteroatoms. The predicted molar refractivity (Wildman–Crippen MR) is 70.4 cm³/mol. The first-order valence-corrected chi connectivity index (χ1v) is 6.08. The molecule has 2 rings (SSSR count). The molecule has 0 spiro atoms. The van der Waals surface area contributed by atoms with E-state index in [2.05, 4.69) is 0 Å². The van der Waals surface area contributed by atoms with E-state index in [9.17, 15) is 18.0 Å². The molecule has 0 unspecified atom stereocenters. The fourth-order valence-corrected chi connectivity index (χ4v) is 2.05. The van der Waals surface area contributed by atoms with Crippen LogP contribution in [0, 0.1) is 38.2 Å². The topological polar surface area (TPSA) is 17.1 Å². The van der Waals surface area contributed by atoms with Gasteiger partial charge in [0.25, 0.3) is 0 Å². The molecule has 0 aliphatic carbocycles. The maximum Gasteiger partial charge on any atom is 0.196 e. The van der Waals surface area contributed by atoms with Crippen LogP contribution in [0.4, 0.5) is 13.2 Å². The Morgan fingerprint density at radius 3 is 1.90 bits per heavy atom. The summed E-state index contributed by atoms with van der Waals surface area (Å²) in [6.45, 7) is 5.44. The highest BCUT2D eigenvalue weighted by Gasteiger charge is 2.19. The molecular weight excluding hydrogens is 265 g/mol. The maximum atomic E-state index is 13.7. The van der Waals surface area contributed by atoms with Gasteiger partial charge in [-0.05, 0) is 49.6 Å². The average Bonchev–Trinajstić information content (AvgIpc) is 2.37. The summed E-state index contributed by atoms with van der Waals surface area (Å²) in [7, 11) is 0. The van der Waals surface area contributed by atoms with Gasteiger partial charge in [0, 0.05) is 11.6 Å². The highest BCUT2D eigenvalue weighted by atomic mass is 19.2. The van der Waals surface area contributed by atoms with Crippen molar-refractivity contribution >= 4 is 5.78 Å². The van der Waals surface area contributed by atoms with Crippen LogP contribution in [0.25, 0.3) is 0 Å². The van der Waals surface area contributed by atoms with Crippen LogP contribution in [0.5, 0.6) is 0 Å². The van der Waals surface area contributed by atoms with Crippen molar-refractivity contribution in [2.24, 2.45) is 0 Å². The van der Waals surface area contributed by atoms with Crippen LogP contribution in [0.15, 0.2) is 24.3 Å². The van der Waals surface area contributed by atoms with Crippen molar-refractivity contribution in [3.05, 3.63) is 69.5 Å². The summed E-state index contributed by atoms with van der Waals surface area (Å²) in [5.41, 5.74) is 2.38. The quantitative estimate of drug-likeness (QED) is 0.592. The molecule has 0 aliphatic rings. The van der Waals surface area contributed by atoms with Crippen molar-refractivity contribution in [1.29, 1.82) is 0 Å². The number of rotatable bonds is 2. The van der Waals surface area contributed by atoms with Crippen molar-refractivity contribution < 1.29 is 18.0 Å². The van der Waals surface area contributed by atoms with Gasteiger partial charge in [0.1, 0.15) is 5.82 Å². The number of aryl methyl sites for hydroxylation is 3. The molecule has 0 aliphatic heterocycles. The van der Waals surface area contributed by atoms with E-state index in [1.165, 1.54) is 0 Å². The largest absolute Gasteiger partial charge is 0.288 e. The lowest BCUT2D eigenvalue weighted by Crippen LogP contribution is -2.08. The Morgan fingerprint density at radius 2 is 1.25 bits per heavy atom. The van der Waals surface area contributed by atoms with Crippen LogP contribution in [0.3, 0.4) is 0 Å². The molecule has 0 radical (unpaired) electrons. The Hall–Kier alpha value is -2.10. The fraction of sp³-hybridized carbons (Fsp3) is 0.188. The Morgan fingerprint density at radius 1 is 0.700 bits per heavy atom. The number of carbonyl (C=O) groups is 1. The van der Waals surface area contributed by atoms with Gasteiger partial charge in [0.2, 0.25) is 0 Å². The van der Waals surface area contributed by atoms with Crippen LogP contribution in [-0.4, -0.2) is 5.78 Å². The molecule has 0 saturated carbocycles. The van der Waals surface area contributed by atoms with Gasteiger partial charge >= 0.3 is 0 Å². The summed E-state index contributed by atoms with van der Waals surface area (Å²) >= 11 is 0. The molecule has 0 atom stereocenters. The van der Waals surface area contributed by atoms with Crippen LogP contribution in [0.2, 0.25) is 0 Å². The highest BCUT2D eigenvalue weighted by molar-refractivity contribution is 6.10. The van der Waals surface area contributed by atoms with E-state index in [1.807, 2.05) is 13.8 Å². The third-order valence-corrected chi connectivity index (χ3v) is 3.34. The molecule has 0 N–H and O–H groups in total. The second-order valence-electron chi connectivity index (χ2n) is 4.83. The number of carbonyl (C=O) groups excluding carboxylic acids is 1. The molecule has 1 nitrogen and oxygen atoms in total. The molecule has 2 aromatic carbocycles. The zero-order chi connectivity index (χ0) is 15.0. The summed E-state index contributed by atoms with van der Waals surface area (Å²) in [4.78, 5) is 12.3. The van der Waals surface area contributed by atoms with Gasteiger partial charge in [0.05, 0.1) is 5.56 Å². The van der Waals surface area contributed by atoms with Crippen molar-refractivity contribution in [2.45, 2.75) is 20.8 Å². The minimum Gasteiger partial charge on any atom is -0.288 e. The number of halogens is 3. The molecule has 104 valence electrons. The zero-order valence-electron chi connectivity index (χ0n) is 11.4. The second kappa shape index (κ2) is 5.12. The van der Waals surface area contributed by atoms with Gasteiger partial charge in [0.15, 0.2) is 17.4 Å². The van der Waals surface area contributed by atoms with Gasteiger partial charge in [-0.2, -0.15) is 0 Å². The molecule has 2 aromatic rings. The monoisotopic (exact) mass is 278 g/mol. The number of benzene rings is 2. The van der Waals surface area contributed by atoms with Gasteiger partial charge < -0.3 is 0 Å². The van der Waals surface area contributed by atoms with Crippen LogP contribution < -0.4 is 0 Å². The first-order valence-electron chi connectivity index (χ1n) is 6.08. The van der Waals surface area contributed by atoms with Gasteiger partial charge in [-0.1, -0.05) is 6.07 Å². The molecule has 0 bridgehead atoms. The number of ketones is 1. The zero-order valence-corrected chi connectivity index (χ0v) is 11.4. The summed E-state index contributed by atoms with van der Waals surface area (Å²) < 4.78 is 39.7. The minimum atomic E-state index is -1.31. The standard InChI is InChI=1S/C16H13F3O/c1-8-4-10(3)11(5-9(8)2)16(20)12-6-14(18)15(19)7-13(12)17/h4-7H,1-3H3. The molecule has 0 fully saturated rings. The van der Waals surface area contributed by atoms with E-state index in [-0.39, 0.29) is 5.56 Å². The molecule has 0 saturated heterocycles. The first-order chi connectivity index (χ1) is 9.31. The van der Waals surface area contributed by atoms with E-state index >= 15 is 0 Å². The summed E-state index contributed by atoms with van der Waals surface area (Å²) in [6, 6.07) is 4.43. The molecule has 20 heavy (non-hydrogen) atoms. The SMILES string of the molecule is Cc1cc(C)c(C(=O)c2cc(F)c(F)cc2F)cc1C. The molecular formula is C16H13F3O. The Kier molecular flexibility index (Phi) is 3.66. The lowest BCUT2D eigenvalue weighted by molar-refractivity contribution is 0.103. The Balaban J connectivity index is 2.57. The molecule has 0 heterocycles. The lowest BCUT2D eigenvalue weighted by Gasteiger charge is -2.10.